The van der Waals surface area contributed by atoms with Gasteiger partial charge in [-0.3, -0.25) is 0 Å². The normalized spacial score (nSPS) is 14.5. The van der Waals surface area contributed by atoms with E-state index in [1.807, 2.05) is 12.2 Å². The molecule has 0 fully saturated rings. The Morgan fingerprint density at radius 2 is 1.51 bits per heavy atom. The Bertz CT molecular complexity index is 3280. The number of fused-ring (bicyclic) bond motifs is 4. The number of nitrogens with zero attached hydrogens (tertiary/aromatic N) is 2. The number of allylic oxidation sites excluding steroid dienone is 20. The van der Waals surface area contributed by atoms with Gasteiger partial charge < -0.3 is 9.47 Å². The van der Waals surface area contributed by atoms with E-state index in [1.54, 1.807) is 0 Å². The van der Waals surface area contributed by atoms with Crippen molar-refractivity contribution in [2.45, 2.75) is 60.8 Å². The Labute approximate surface area is 411 Å². The Kier molecular flexibility index (Phi) is 15.0. The van der Waals surface area contributed by atoms with Gasteiger partial charge in [-0.2, -0.15) is 0 Å². The molecule has 8 rings (SSSR count). The van der Waals surface area contributed by atoms with Crippen LogP contribution in [0.1, 0.15) is 92.1 Å². The van der Waals surface area contributed by atoms with Crippen molar-refractivity contribution >= 4 is 56.8 Å². The molecular weight excluding hydrogens is 833 g/mol. The fourth-order valence-corrected chi connectivity index (χ4v) is 10.0. The summed E-state index contributed by atoms with van der Waals surface area (Å²) in [4.78, 5) is 2.38. The van der Waals surface area contributed by atoms with Crippen LogP contribution in [-0.2, 0) is 6.42 Å². The van der Waals surface area contributed by atoms with Crippen LogP contribution >= 0.6 is 0 Å². The van der Waals surface area contributed by atoms with Crippen LogP contribution in [0.4, 0.5) is 11.4 Å². The molecule has 342 valence electrons. The molecule has 0 unspecified atom stereocenters. The summed E-state index contributed by atoms with van der Waals surface area (Å²) in [6.07, 6.45) is 37.3. The number of rotatable bonds is 16. The second-order valence-corrected chi connectivity index (χ2v) is 17.7. The first-order valence-corrected chi connectivity index (χ1v) is 24.2. The van der Waals surface area contributed by atoms with Gasteiger partial charge in [0.25, 0.3) is 0 Å². The first-order valence-electron chi connectivity index (χ1n) is 24.2. The van der Waals surface area contributed by atoms with Crippen LogP contribution in [0.2, 0.25) is 0 Å². The molecule has 0 saturated heterocycles. The van der Waals surface area contributed by atoms with Crippen molar-refractivity contribution in [3.63, 3.8) is 0 Å². The smallest absolute Gasteiger partial charge is 0.0779 e. The van der Waals surface area contributed by atoms with Crippen molar-refractivity contribution in [3.8, 4) is 11.1 Å². The van der Waals surface area contributed by atoms with Crippen molar-refractivity contribution in [1.29, 1.82) is 0 Å². The van der Waals surface area contributed by atoms with Crippen molar-refractivity contribution in [1.82, 2.24) is 4.57 Å². The average molecular weight is 897 g/mol. The predicted molar refractivity (Wildman–Crippen MR) is 304 cm³/mol. The van der Waals surface area contributed by atoms with Gasteiger partial charge in [0.05, 0.1) is 16.9 Å². The minimum atomic E-state index is 0.836. The summed E-state index contributed by atoms with van der Waals surface area (Å²) >= 11 is 0. The topological polar surface area (TPSA) is 8.17 Å². The van der Waals surface area contributed by atoms with Gasteiger partial charge >= 0.3 is 0 Å². The minimum absolute atomic E-state index is 0.836. The number of benzene rings is 5. The third kappa shape index (κ3) is 9.89. The highest BCUT2D eigenvalue weighted by Gasteiger charge is 2.25. The van der Waals surface area contributed by atoms with Crippen LogP contribution in [0.5, 0.6) is 0 Å². The third-order valence-corrected chi connectivity index (χ3v) is 13.4. The lowest BCUT2D eigenvalue weighted by Crippen LogP contribution is -2.12. The SMILES string of the molecule is C=C/C=C(\C=C/N(c1ccc2c(c1)Cc1cc(C(=C/C)/C(C)=C(\C=C)C(=C)/C=C\C=C(/C)c3ccccc3C)ccc1-2)c1cccc2c(/C=C\C)c(/C=C\C)n(C3=CC=CCC3)c12)c1ccccc1. The fourth-order valence-electron chi connectivity index (χ4n) is 10.0. The summed E-state index contributed by atoms with van der Waals surface area (Å²) in [6, 6.07) is 39.8. The van der Waals surface area contributed by atoms with E-state index < -0.39 is 0 Å². The molecule has 69 heavy (non-hydrogen) atoms. The van der Waals surface area contributed by atoms with Gasteiger partial charge in [0.2, 0.25) is 0 Å². The van der Waals surface area contributed by atoms with E-state index in [2.05, 4.69) is 265 Å². The van der Waals surface area contributed by atoms with Gasteiger partial charge in [0.1, 0.15) is 0 Å². The molecule has 1 heterocycles. The van der Waals surface area contributed by atoms with Gasteiger partial charge in [-0.05, 0) is 175 Å². The lowest BCUT2D eigenvalue weighted by atomic mass is 9.90. The van der Waals surface area contributed by atoms with Crippen molar-refractivity contribution in [2.75, 3.05) is 4.90 Å². The molecule has 0 spiro atoms. The molecule has 0 aliphatic heterocycles. The first-order chi connectivity index (χ1) is 33.7. The molecular formula is C67H64N2. The van der Waals surface area contributed by atoms with Gasteiger partial charge in [-0.1, -0.05) is 184 Å². The van der Waals surface area contributed by atoms with Crippen LogP contribution in [0.15, 0.2) is 231 Å². The van der Waals surface area contributed by atoms with Crippen LogP contribution < -0.4 is 4.90 Å². The van der Waals surface area contributed by atoms with Gasteiger partial charge in [0.15, 0.2) is 0 Å². The number of anilines is 2. The number of para-hydroxylation sites is 1. The van der Waals surface area contributed by atoms with Crippen LogP contribution in [0.25, 0.3) is 56.6 Å². The Balaban J connectivity index is 1.19. The van der Waals surface area contributed by atoms with Crippen LogP contribution in [-0.4, -0.2) is 4.57 Å². The number of aromatic nitrogens is 1. The number of aryl methyl sites for hydroxylation is 1. The summed E-state index contributed by atoms with van der Waals surface area (Å²) in [6.45, 7) is 25.6. The monoisotopic (exact) mass is 897 g/mol. The molecule has 0 saturated carbocycles. The maximum atomic E-state index is 4.49. The highest BCUT2D eigenvalue weighted by molar-refractivity contribution is 6.04. The molecule has 6 aromatic rings. The summed E-state index contributed by atoms with van der Waals surface area (Å²) in [7, 11) is 0. The van der Waals surface area contributed by atoms with E-state index in [1.165, 1.54) is 77.9 Å². The highest BCUT2D eigenvalue weighted by atomic mass is 15.1. The average Bonchev–Trinajstić information content (AvgIpc) is 3.89. The van der Waals surface area contributed by atoms with Crippen molar-refractivity contribution in [2.24, 2.45) is 0 Å². The Hall–Kier alpha value is -7.94. The van der Waals surface area contributed by atoms with E-state index in [0.29, 0.717) is 0 Å². The molecule has 1 aromatic heterocycles. The molecule has 0 atom stereocenters. The molecule has 5 aromatic carbocycles. The second-order valence-electron chi connectivity index (χ2n) is 17.7. The molecule has 0 radical (unpaired) electrons. The van der Waals surface area contributed by atoms with E-state index >= 15 is 0 Å². The van der Waals surface area contributed by atoms with E-state index in [0.717, 1.165) is 58.5 Å². The lowest BCUT2D eigenvalue weighted by Gasteiger charge is -2.25. The van der Waals surface area contributed by atoms with E-state index in [-0.39, 0.29) is 0 Å². The summed E-state index contributed by atoms with van der Waals surface area (Å²) in [5.74, 6) is 0. The maximum Gasteiger partial charge on any atom is 0.0779 e. The highest BCUT2D eigenvalue weighted by Crippen LogP contribution is 2.45. The first kappa shape index (κ1) is 47.5. The lowest BCUT2D eigenvalue weighted by molar-refractivity contribution is 0.956. The molecule has 0 amide bonds. The zero-order chi connectivity index (χ0) is 48.4. The molecule has 2 aliphatic rings. The van der Waals surface area contributed by atoms with E-state index in [9.17, 15) is 0 Å². The summed E-state index contributed by atoms with van der Waals surface area (Å²) in [5.41, 5.74) is 23.7. The van der Waals surface area contributed by atoms with Gasteiger partial charge in [0, 0.05) is 28.5 Å². The fraction of sp³-hybridized carbons (Fsp3) is 0.134. The summed E-state index contributed by atoms with van der Waals surface area (Å²) in [5, 5.41) is 1.21. The molecule has 0 bridgehead atoms. The summed E-state index contributed by atoms with van der Waals surface area (Å²) < 4.78 is 2.50. The van der Waals surface area contributed by atoms with Gasteiger partial charge in [-0.15, -0.1) is 0 Å². The molecule has 2 aliphatic carbocycles. The number of hydrogen-bond acceptors (Lipinski definition) is 1. The minimum Gasteiger partial charge on any atom is -0.315 e. The molecule has 2 heteroatoms. The zero-order valence-corrected chi connectivity index (χ0v) is 41.3. The molecule has 0 N–H and O–H groups in total. The quantitative estimate of drug-likeness (QED) is 0.0878. The van der Waals surface area contributed by atoms with E-state index in [4.69, 9.17) is 0 Å². The van der Waals surface area contributed by atoms with Crippen LogP contribution in [0.3, 0.4) is 0 Å². The van der Waals surface area contributed by atoms with Crippen LogP contribution in [0, 0.1) is 6.92 Å². The second kappa shape index (κ2) is 21.8. The Morgan fingerprint density at radius 3 is 2.22 bits per heavy atom. The standard InChI is InChI=1S/C67H64N2/c1-10-25-51(52-31-17-15-18-32-52)42-43-68(66-37-24-36-64-63(26-11-2)65(27-12-3)69(67(64)66)56-33-19-16-20-34-56)57-39-41-62-55(46-57)45-54-44-53(38-40-61(54)62)59(14-5)50(9)58(13-4)47(6)29-23-30-49(8)60-35-22-21-28-48(60)7/h10-19,21-33,35-44,46H,1,4,6,20,34,45H2,2-3,5,7-9H3/b26-11-,27-12-,29-23-,43-42-,49-30+,51-25+,58-50+,59-14+. The van der Waals surface area contributed by atoms with Gasteiger partial charge in [-0.25, -0.2) is 0 Å². The zero-order valence-electron chi connectivity index (χ0n) is 41.3. The largest absolute Gasteiger partial charge is 0.315 e. The van der Waals surface area contributed by atoms with Crippen molar-refractivity contribution < 1.29 is 0 Å². The molecule has 2 nitrogen and oxygen atoms in total. The number of hydrogen-bond donors (Lipinski definition) is 0. The Morgan fingerprint density at radius 1 is 0.754 bits per heavy atom. The third-order valence-electron chi connectivity index (χ3n) is 13.4. The maximum absolute atomic E-state index is 4.49. The van der Waals surface area contributed by atoms with Crippen molar-refractivity contribution in [3.05, 3.63) is 275 Å². The predicted octanol–water partition coefficient (Wildman–Crippen LogP) is 18.8.